The first-order valence-electron chi connectivity index (χ1n) is 6.02. The number of halogens is 3. The number of rotatable bonds is 4. The van der Waals surface area contributed by atoms with Gasteiger partial charge >= 0.3 is 16.1 Å². The molecule has 2 rings (SSSR count). The molecule has 0 N–H and O–H groups in total. The van der Waals surface area contributed by atoms with E-state index < -0.39 is 16.1 Å². The highest BCUT2D eigenvalue weighted by atomic mass is 79.9. The average molecular weight is 440 g/mol. The van der Waals surface area contributed by atoms with Crippen molar-refractivity contribution < 1.29 is 22.1 Å². The number of ether oxygens (including phenoxy) is 1. The summed E-state index contributed by atoms with van der Waals surface area (Å²) in [4.78, 5) is 11.4. The standard InChI is InChI=1S/C14H9BrCl2O5S/c1-21-14(18)10-7-9(3-4-11(10)15)23(19,20)22-13-5-2-8(16)6-12(13)17/h2-7H,1H3. The molecule has 0 saturated carbocycles. The van der Waals surface area contributed by atoms with Crippen LogP contribution in [0.4, 0.5) is 0 Å². The third-order valence-electron chi connectivity index (χ3n) is 2.73. The number of benzene rings is 2. The molecule has 0 aliphatic heterocycles. The topological polar surface area (TPSA) is 69.7 Å². The van der Waals surface area contributed by atoms with E-state index in [2.05, 4.69) is 20.7 Å². The van der Waals surface area contributed by atoms with Crippen LogP contribution in [0.25, 0.3) is 0 Å². The van der Waals surface area contributed by atoms with E-state index in [1.165, 1.54) is 37.4 Å². The minimum Gasteiger partial charge on any atom is -0.465 e. The Morgan fingerprint density at radius 2 is 1.83 bits per heavy atom. The first kappa shape index (κ1) is 18.1. The van der Waals surface area contributed by atoms with E-state index in [0.29, 0.717) is 9.50 Å². The number of methoxy groups -OCH3 is 1. The van der Waals surface area contributed by atoms with Gasteiger partial charge in [-0.3, -0.25) is 0 Å². The second-order valence-electron chi connectivity index (χ2n) is 4.25. The summed E-state index contributed by atoms with van der Waals surface area (Å²) in [5, 5.41) is 0.391. The first-order valence-corrected chi connectivity index (χ1v) is 8.97. The number of esters is 1. The molecule has 0 aliphatic carbocycles. The van der Waals surface area contributed by atoms with Crippen LogP contribution in [-0.2, 0) is 14.9 Å². The first-order chi connectivity index (χ1) is 10.7. The molecule has 0 bridgehead atoms. The molecule has 0 amide bonds. The zero-order chi connectivity index (χ0) is 17.2. The summed E-state index contributed by atoms with van der Waals surface area (Å²) in [6.45, 7) is 0. The zero-order valence-electron chi connectivity index (χ0n) is 11.5. The van der Waals surface area contributed by atoms with Gasteiger partial charge in [0.25, 0.3) is 0 Å². The molecule has 0 radical (unpaired) electrons. The predicted molar refractivity (Wildman–Crippen MR) is 89.8 cm³/mol. The third kappa shape index (κ3) is 4.17. The van der Waals surface area contributed by atoms with E-state index >= 15 is 0 Å². The maximum absolute atomic E-state index is 12.3. The second kappa shape index (κ2) is 7.09. The lowest BCUT2D eigenvalue weighted by molar-refractivity contribution is 0.0599. The molecule has 23 heavy (non-hydrogen) atoms. The van der Waals surface area contributed by atoms with Gasteiger partial charge in [0, 0.05) is 9.50 Å². The van der Waals surface area contributed by atoms with Crippen LogP contribution in [0, 0.1) is 0 Å². The highest BCUT2D eigenvalue weighted by Gasteiger charge is 2.22. The van der Waals surface area contributed by atoms with Crippen molar-refractivity contribution in [1.29, 1.82) is 0 Å². The summed E-state index contributed by atoms with van der Waals surface area (Å²) in [5.74, 6) is -0.753. The van der Waals surface area contributed by atoms with Crippen molar-refractivity contribution in [2.45, 2.75) is 4.90 Å². The zero-order valence-corrected chi connectivity index (χ0v) is 15.5. The Hall–Kier alpha value is -1.28. The van der Waals surface area contributed by atoms with E-state index in [4.69, 9.17) is 27.4 Å². The summed E-state index contributed by atoms with van der Waals surface area (Å²) >= 11 is 14.8. The fourth-order valence-electron chi connectivity index (χ4n) is 1.64. The Morgan fingerprint density at radius 1 is 1.13 bits per heavy atom. The minimum absolute atomic E-state index is 0.0476. The molecule has 0 fully saturated rings. The van der Waals surface area contributed by atoms with E-state index in [1.807, 2.05) is 0 Å². The molecule has 0 aromatic heterocycles. The minimum atomic E-state index is -4.19. The van der Waals surface area contributed by atoms with Gasteiger partial charge in [0.15, 0.2) is 5.75 Å². The van der Waals surface area contributed by atoms with E-state index in [0.717, 1.165) is 6.07 Å². The summed E-state index contributed by atoms with van der Waals surface area (Å²) in [5.41, 5.74) is 0.0550. The van der Waals surface area contributed by atoms with E-state index in [9.17, 15) is 13.2 Å². The molecule has 0 aliphatic rings. The van der Waals surface area contributed by atoms with Crippen LogP contribution in [-0.4, -0.2) is 21.5 Å². The smallest absolute Gasteiger partial charge is 0.339 e. The molecule has 2 aromatic carbocycles. The highest BCUT2D eigenvalue weighted by Crippen LogP contribution is 2.31. The molecule has 0 atom stereocenters. The Morgan fingerprint density at radius 3 is 2.43 bits per heavy atom. The lowest BCUT2D eigenvalue weighted by atomic mass is 10.2. The van der Waals surface area contributed by atoms with Crippen LogP contribution < -0.4 is 4.18 Å². The van der Waals surface area contributed by atoms with Gasteiger partial charge in [-0.1, -0.05) is 23.2 Å². The Kier molecular flexibility index (Phi) is 5.57. The molecular weight excluding hydrogens is 431 g/mol. The van der Waals surface area contributed by atoms with Crippen LogP contribution in [0.15, 0.2) is 45.8 Å². The lowest BCUT2D eigenvalue weighted by Crippen LogP contribution is -2.12. The number of hydrogen-bond donors (Lipinski definition) is 0. The molecule has 0 spiro atoms. The highest BCUT2D eigenvalue weighted by molar-refractivity contribution is 9.10. The Labute approximate surface area is 151 Å². The van der Waals surface area contributed by atoms with Crippen molar-refractivity contribution >= 4 is 55.2 Å². The maximum Gasteiger partial charge on any atom is 0.339 e. The van der Waals surface area contributed by atoms with Crippen LogP contribution >= 0.6 is 39.1 Å². The molecule has 0 heterocycles. The number of carbonyl (C=O) groups is 1. The predicted octanol–water partition coefficient (Wildman–Crippen LogP) is 4.31. The average Bonchev–Trinajstić information content (AvgIpc) is 2.49. The normalized spacial score (nSPS) is 11.1. The van der Waals surface area contributed by atoms with Crippen LogP contribution in [0.3, 0.4) is 0 Å². The fourth-order valence-corrected chi connectivity index (χ4v) is 3.51. The summed E-state index contributed by atoms with van der Waals surface area (Å²) < 4.78 is 34.7. The van der Waals surface area contributed by atoms with Crippen LogP contribution in [0.1, 0.15) is 10.4 Å². The summed E-state index contributed by atoms with van der Waals surface area (Å²) in [6, 6.07) is 7.98. The summed E-state index contributed by atoms with van der Waals surface area (Å²) in [6.07, 6.45) is 0. The van der Waals surface area contributed by atoms with Crippen molar-refractivity contribution in [1.82, 2.24) is 0 Å². The number of carbonyl (C=O) groups excluding carboxylic acids is 1. The van der Waals surface area contributed by atoms with Gasteiger partial charge in [-0.15, -0.1) is 0 Å². The van der Waals surface area contributed by atoms with Gasteiger partial charge in [-0.25, -0.2) is 4.79 Å². The fraction of sp³-hybridized carbons (Fsp3) is 0.0714. The van der Waals surface area contributed by atoms with E-state index in [-0.39, 0.29) is 21.2 Å². The molecule has 0 saturated heterocycles. The molecule has 122 valence electrons. The van der Waals surface area contributed by atoms with Gasteiger partial charge in [0.1, 0.15) is 4.90 Å². The maximum atomic E-state index is 12.3. The van der Waals surface area contributed by atoms with Crippen LogP contribution in [0.2, 0.25) is 10.0 Å². The molecule has 2 aromatic rings. The van der Waals surface area contributed by atoms with Crippen molar-refractivity contribution in [3.05, 3.63) is 56.5 Å². The van der Waals surface area contributed by atoms with E-state index in [1.54, 1.807) is 0 Å². The molecule has 0 unspecified atom stereocenters. The van der Waals surface area contributed by atoms with Gasteiger partial charge in [0.05, 0.1) is 17.7 Å². The lowest BCUT2D eigenvalue weighted by Gasteiger charge is -2.10. The SMILES string of the molecule is COC(=O)c1cc(S(=O)(=O)Oc2ccc(Cl)cc2Cl)ccc1Br. The van der Waals surface area contributed by atoms with Crippen molar-refractivity contribution in [3.8, 4) is 5.75 Å². The van der Waals surface area contributed by atoms with Crippen LogP contribution in [0.5, 0.6) is 5.75 Å². The van der Waals surface area contributed by atoms with Crippen molar-refractivity contribution in [3.63, 3.8) is 0 Å². The van der Waals surface area contributed by atoms with Crippen molar-refractivity contribution in [2.75, 3.05) is 7.11 Å². The van der Waals surface area contributed by atoms with Gasteiger partial charge in [-0.05, 0) is 52.3 Å². The monoisotopic (exact) mass is 438 g/mol. The molecule has 9 heteroatoms. The van der Waals surface area contributed by atoms with Gasteiger partial charge in [-0.2, -0.15) is 8.42 Å². The quantitative estimate of drug-likeness (QED) is 0.524. The third-order valence-corrected chi connectivity index (χ3v) is 5.18. The summed E-state index contributed by atoms with van der Waals surface area (Å²) in [7, 11) is -2.99. The second-order valence-corrected chi connectivity index (χ2v) is 7.49. The van der Waals surface area contributed by atoms with Gasteiger partial charge in [0.2, 0.25) is 0 Å². The number of hydrogen-bond acceptors (Lipinski definition) is 5. The van der Waals surface area contributed by atoms with Gasteiger partial charge < -0.3 is 8.92 Å². The largest absolute Gasteiger partial charge is 0.465 e. The Bertz CT molecular complexity index is 867. The molecule has 5 nitrogen and oxygen atoms in total. The molecular formula is C14H9BrCl2O5S. The van der Waals surface area contributed by atoms with Crippen molar-refractivity contribution in [2.24, 2.45) is 0 Å². The Balaban J connectivity index is 2.42.